The molecule has 8 heteroatoms. The van der Waals surface area contributed by atoms with Crippen LogP contribution in [0.25, 0.3) is 11.1 Å². The van der Waals surface area contributed by atoms with Crippen LogP contribution >= 0.6 is 0 Å². The first-order chi connectivity index (χ1) is 19.3. The van der Waals surface area contributed by atoms with Crippen molar-refractivity contribution in [3.8, 4) is 22.6 Å². The van der Waals surface area contributed by atoms with E-state index in [4.69, 9.17) is 32.4 Å². The lowest BCUT2D eigenvalue weighted by molar-refractivity contribution is 0.0734. The summed E-state index contributed by atoms with van der Waals surface area (Å²) >= 11 is 0. The second-order valence-electron chi connectivity index (χ2n) is 8.61. The Bertz CT molecular complexity index is 1540. The van der Waals surface area contributed by atoms with Crippen LogP contribution in [0.5, 0.6) is 11.5 Å². The van der Waals surface area contributed by atoms with Crippen molar-refractivity contribution >= 4 is 34.7 Å². The van der Waals surface area contributed by atoms with Crippen LogP contribution in [0.3, 0.4) is 0 Å². The molecule has 0 saturated carbocycles. The molecule has 0 bridgehead atoms. The van der Waals surface area contributed by atoms with E-state index in [9.17, 15) is 9.59 Å². The fourth-order valence-electron chi connectivity index (χ4n) is 3.70. The molecule has 200 valence electrons. The highest BCUT2D eigenvalue weighted by molar-refractivity contribution is 5.97. The van der Waals surface area contributed by atoms with E-state index in [1.54, 1.807) is 72.8 Å². The molecule has 5 aromatic carbocycles. The molecule has 0 aliphatic rings. The zero-order valence-electron chi connectivity index (χ0n) is 21.5. The summed E-state index contributed by atoms with van der Waals surface area (Å²) in [6.07, 6.45) is 0. The summed E-state index contributed by atoms with van der Waals surface area (Å²) in [5.74, 6) is -0.175. The molecule has 0 aliphatic carbocycles. The average Bonchev–Trinajstić information content (AvgIpc) is 3.00. The molecule has 0 aromatic heterocycles. The number of hydrogen-bond donors (Lipinski definition) is 4. The van der Waals surface area contributed by atoms with E-state index in [0.29, 0.717) is 34.2 Å². The van der Waals surface area contributed by atoms with Gasteiger partial charge in [-0.3, -0.25) is 0 Å². The van der Waals surface area contributed by atoms with Gasteiger partial charge in [0.1, 0.15) is 11.5 Å². The van der Waals surface area contributed by atoms with Crippen LogP contribution in [0.1, 0.15) is 20.7 Å². The van der Waals surface area contributed by atoms with Crippen LogP contribution in [-0.4, -0.2) is 11.9 Å². The Kier molecular flexibility index (Phi) is 8.63. The highest BCUT2D eigenvalue weighted by atomic mass is 16.5. The molecule has 0 aliphatic heterocycles. The van der Waals surface area contributed by atoms with E-state index in [1.165, 1.54) is 6.07 Å². The number of anilines is 4. The van der Waals surface area contributed by atoms with Gasteiger partial charge in [0, 0.05) is 5.56 Å². The summed E-state index contributed by atoms with van der Waals surface area (Å²) in [6.45, 7) is 0. The molecule has 0 amide bonds. The summed E-state index contributed by atoms with van der Waals surface area (Å²) in [7, 11) is 0. The molecule has 5 aromatic rings. The minimum absolute atomic E-state index is 0.279. The van der Waals surface area contributed by atoms with Gasteiger partial charge in [0.15, 0.2) is 0 Å². The van der Waals surface area contributed by atoms with Crippen LogP contribution in [0.15, 0.2) is 121 Å². The zero-order valence-corrected chi connectivity index (χ0v) is 21.5. The summed E-state index contributed by atoms with van der Waals surface area (Å²) in [6, 6.07) is 35.2. The summed E-state index contributed by atoms with van der Waals surface area (Å²) < 4.78 is 10.5. The third-order valence-electron chi connectivity index (χ3n) is 5.81. The lowest BCUT2D eigenvalue weighted by Crippen LogP contribution is -2.12. The smallest absolute Gasteiger partial charge is 0.343 e. The summed E-state index contributed by atoms with van der Waals surface area (Å²) in [5.41, 5.74) is 27.1. The molecular weight excluding hydrogens is 504 g/mol. The lowest BCUT2D eigenvalue weighted by atomic mass is 10.0. The number of ether oxygens (including phenoxy) is 2. The second kappa shape index (κ2) is 12.7. The van der Waals surface area contributed by atoms with E-state index < -0.39 is 11.9 Å². The Morgan fingerprint density at radius 3 is 1.40 bits per heavy atom. The van der Waals surface area contributed by atoms with Crippen LogP contribution in [0.2, 0.25) is 0 Å². The SMILES string of the molecule is Nc1cc(-c2ccccc2)c(N)c(N)c1N.O=C(Oc1ccccc1)c1cccc(C(=O)Oc2ccccc2)c1. The predicted octanol–water partition coefficient (Wildman–Crippen LogP) is 5.81. The third kappa shape index (κ3) is 6.76. The normalized spacial score (nSPS) is 10.1. The van der Waals surface area contributed by atoms with E-state index in [2.05, 4.69) is 0 Å². The number of benzene rings is 5. The molecule has 0 unspecified atom stereocenters. The average molecular weight is 533 g/mol. The molecule has 0 spiro atoms. The first kappa shape index (κ1) is 27.3. The molecule has 0 heterocycles. The van der Waals surface area contributed by atoms with Gasteiger partial charge >= 0.3 is 11.9 Å². The van der Waals surface area contributed by atoms with Gasteiger partial charge in [0.2, 0.25) is 0 Å². The van der Waals surface area contributed by atoms with Crippen LogP contribution in [0.4, 0.5) is 22.7 Å². The highest BCUT2D eigenvalue weighted by Crippen LogP contribution is 2.37. The van der Waals surface area contributed by atoms with E-state index >= 15 is 0 Å². The molecule has 0 radical (unpaired) electrons. The predicted molar refractivity (Wildman–Crippen MR) is 159 cm³/mol. The van der Waals surface area contributed by atoms with Crippen molar-refractivity contribution in [2.75, 3.05) is 22.9 Å². The van der Waals surface area contributed by atoms with Gasteiger partial charge in [-0.25, -0.2) is 9.59 Å². The van der Waals surface area contributed by atoms with Gasteiger partial charge in [0.05, 0.1) is 33.9 Å². The van der Waals surface area contributed by atoms with Gasteiger partial charge in [0.25, 0.3) is 0 Å². The molecule has 8 N–H and O–H groups in total. The van der Waals surface area contributed by atoms with Crippen molar-refractivity contribution in [2.24, 2.45) is 0 Å². The maximum absolute atomic E-state index is 12.2. The minimum atomic E-state index is -0.532. The van der Waals surface area contributed by atoms with Crippen molar-refractivity contribution < 1.29 is 19.1 Å². The molecular formula is C32H28N4O4. The Balaban J connectivity index is 0.000000201. The van der Waals surface area contributed by atoms with Gasteiger partial charge in [-0.15, -0.1) is 0 Å². The lowest BCUT2D eigenvalue weighted by Gasteiger charge is -2.13. The van der Waals surface area contributed by atoms with Gasteiger partial charge in [-0.2, -0.15) is 0 Å². The minimum Gasteiger partial charge on any atom is -0.423 e. The van der Waals surface area contributed by atoms with Crippen LogP contribution in [-0.2, 0) is 0 Å². The zero-order chi connectivity index (χ0) is 28.5. The van der Waals surface area contributed by atoms with Crippen molar-refractivity contribution in [3.05, 3.63) is 132 Å². The number of nitrogens with two attached hydrogens (primary N) is 4. The first-order valence-electron chi connectivity index (χ1n) is 12.3. The van der Waals surface area contributed by atoms with Crippen LogP contribution in [0, 0.1) is 0 Å². The van der Waals surface area contributed by atoms with Crippen molar-refractivity contribution in [3.63, 3.8) is 0 Å². The van der Waals surface area contributed by atoms with E-state index in [1.807, 2.05) is 42.5 Å². The van der Waals surface area contributed by atoms with Crippen LogP contribution < -0.4 is 32.4 Å². The number of carbonyl (C=O) groups is 2. The number of carbonyl (C=O) groups excluding carboxylic acids is 2. The fraction of sp³-hybridized carbons (Fsp3) is 0. The van der Waals surface area contributed by atoms with Crippen molar-refractivity contribution in [2.45, 2.75) is 0 Å². The Hall–Kier alpha value is -5.76. The summed E-state index contributed by atoms with van der Waals surface area (Å²) in [4.78, 5) is 24.3. The Labute approximate surface area is 231 Å². The van der Waals surface area contributed by atoms with Gasteiger partial charge in [-0.05, 0) is 54.1 Å². The molecule has 8 nitrogen and oxygen atoms in total. The highest BCUT2D eigenvalue weighted by Gasteiger charge is 2.14. The Morgan fingerprint density at radius 1 is 0.475 bits per heavy atom. The third-order valence-corrected chi connectivity index (χ3v) is 5.81. The molecule has 0 saturated heterocycles. The maximum atomic E-state index is 12.2. The molecule has 0 atom stereocenters. The standard InChI is InChI=1S/C20H14O4.C12H14N4/c21-19(23-17-10-3-1-4-11-17)15-8-7-9-16(14-15)20(22)24-18-12-5-2-6-13-18;13-9-6-8(7-4-2-1-3-5-7)10(14)12(16)11(9)15/h1-14H;1-6H,13-16H2. The van der Waals surface area contributed by atoms with E-state index in [-0.39, 0.29) is 11.1 Å². The quantitative estimate of drug-likeness (QED) is 0.125. The number of para-hydroxylation sites is 2. The first-order valence-corrected chi connectivity index (χ1v) is 12.3. The largest absolute Gasteiger partial charge is 0.423 e. The van der Waals surface area contributed by atoms with Crippen molar-refractivity contribution in [1.29, 1.82) is 0 Å². The van der Waals surface area contributed by atoms with Gasteiger partial charge < -0.3 is 32.4 Å². The summed E-state index contributed by atoms with van der Waals surface area (Å²) in [5, 5.41) is 0. The number of rotatable bonds is 5. The second-order valence-corrected chi connectivity index (χ2v) is 8.61. The maximum Gasteiger partial charge on any atom is 0.343 e. The Morgan fingerprint density at radius 2 is 0.925 bits per heavy atom. The topological polar surface area (TPSA) is 157 Å². The molecule has 40 heavy (non-hydrogen) atoms. The van der Waals surface area contributed by atoms with Gasteiger partial charge in [-0.1, -0.05) is 72.8 Å². The molecule has 5 rings (SSSR count). The monoisotopic (exact) mass is 532 g/mol. The number of esters is 2. The number of nitrogen functional groups attached to an aromatic ring is 4. The van der Waals surface area contributed by atoms with Crippen molar-refractivity contribution in [1.82, 2.24) is 0 Å². The number of hydrogen-bond acceptors (Lipinski definition) is 8. The van der Waals surface area contributed by atoms with E-state index in [0.717, 1.165) is 11.1 Å². The fourth-order valence-corrected chi connectivity index (χ4v) is 3.70. The molecule has 0 fully saturated rings.